The van der Waals surface area contributed by atoms with E-state index in [1.54, 1.807) is 12.1 Å². The van der Waals surface area contributed by atoms with E-state index in [2.05, 4.69) is 0 Å². The lowest BCUT2D eigenvalue weighted by molar-refractivity contribution is -0.142. The molecular weight excluding hydrogens is 234 g/mol. The molecule has 0 radical (unpaired) electrons. The Morgan fingerprint density at radius 2 is 2.00 bits per heavy atom. The van der Waals surface area contributed by atoms with Crippen LogP contribution in [0.2, 0.25) is 0 Å². The fourth-order valence-electron chi connectivity index (χ4n) is 2.36. The lowest BCUT2D eigenvalue weighted by atomic mass is 10.0. The molecule has 1 aromatic carbocycles. The van der Waals surface area contributed by atoms with Gasteiger partial charge in [-0.2, -0.15) is 0 Å². The number of carboxylic acid groups (broad SMARTS) is 1. The van der Waals surface area contributed by atoms with E-state index in [-0.39, 0.29) is 17.2 Å². The Morgan fingerprint density at radius 1 is 1.33 bits per heavy atom. The van der Waals surface area contributed by atoms with Crippen molar-refractivity contribution in [2.75, 3.05) is 6.54 Å². The van der Waals surface area contributed by atoms with E-state index >= 15 is 0 Å². The number of benzene rings is 1. The van der Waals surface area contributed by atoms with Crippen molar-refractivity contribution < 1.29 is 19.8 Å². The monoisotopic (exact) mass is 249 g/mol. The molecule has 0 spiro atoms. The number of phenolic OH excluding ortho intramolecular Hbond substituents is 1. The molecule has 0 saturated carbocycles. The number of carboxylic acids is 1. The number of aromatic hydroxyl groups is 1. The molecule has 1 aromatic rings. The fourth-order valence-corrected chi connectivity index (χ4v) is 2.36. The summed E-state index contributed by atoms with van der Waals surface area (Å²) in [7, 11) is 0. The largest absolute Gasteiger partial charge is 0.507 e. The molecule has 2 unspecified atom stereocenters. The number of rotatable bonds is 2. The Hall–Kier alpha value is -2.04. The molecule has 2 atom stereocenters. The topological polar surface area (TPSA) is 77.8 Å². The Morgan fingerprint density at radius 3 is 2.61 bits per heavy atom. The first-order valence-electron chi connectivity index (χ1n) is 5.84. The zero-order chi connectivity index (χ0) is 13.3. The summed E-state index contributed by atoms with van der Waals surface area (Å²) in [6, 6.07) is 5.37. The average molecular weight is 249 g/mol. The fraction of sp³-hybridized carbons (Fsp3) is 0.385. The summed E-state index contributed by atoms with van der Waals surface area (Å²) in [6.07, 6.45) is 0.663. The number of carbonyl (C=O) groups is 2. The van der Waals surface area contributed by atoms with Crippen LogP contribution >= 0.6 is 0 Å². The predicted molar refractivity (Wildman–Crippen MR) is 64.3 cm³/mol. The number of hydrogen-bond acceptors (Lipinski definition) is 3. The van der Waals surface area contributed by atoms with Crippen LogP contribution in [0.1, 0.15) is 23.7 Å². The van der Waals surface area contributed by atoms with Gasteiger partial charge in [-0.1, -0.05) is 19.1 Å². The molecule has 0 bridgehead atoms. The van der Waals surface area contributed by atoms with Crippen LogP contribution in [0.5, 0.6) is 5.75 Å². The maximum atomic E-state index is 12.2. The van der Waals surface area contributed by atoms with Crippen LogP contribution in [-0.2, 0) is 4.79 Å². The Kier molecular flexibility index (Phi) is 3.23. The number of amides is 1. The maximum absolute atomic E-state index is 12.2. The zero-order valence-corrected chi connectivity index (χ0v) is 10.0. The SMILES string of the molecule is CC1CCN(C(=O)c2ccccc2O)C1C(=O)O. The van der Waals surface area contributed by atoms with Crippen LogP contribution in [0.3, 0.4) is 0 Å². The second-order valence-electron chi connectivity index (χ2n) is 4.56. The Labute approximate surface area is 105 Å². The van der Waals surface area contributed by atoms with Crippen LogP contribution in [0.4, 0.5) is 0 Å². The van der Waals surface area contributed by atoms with Gasteiger partial charge in [0.25, 0.3) is 5.91 Å². The molecule has 96 valence electrons. The molecule has 1 heterocycles. The third kappa shape index (κ3) is 2.03. The van der Waals surface area contributed by atoms with Gasteiger partial charge in [0.15, 0.2) is 0 Å². The van der Waals surface area contributed by atoms with Gasteiger partial charge in [0.1, 0.15) is 11.8 Å². The average Bonchev–Trinajstić information content (AvgIpc) is 2.71. The summed E-state index contributed by atoms with van der Waals surface area (Å²) in [5, 5.41) is 18.8. The molecule has 1 saturated heterocycles. The van der Waals surface area contributed by atoms with Gasteiger partial charge in [0.2, 0.25) is 0 Å². The van der Waals surface area contributed by atoms with Crippen molar-refractivity contribution >= 4 is 11.9 Å². The van der Waals surface area contributed by atoms with Gasteiger partial charge in [-0.05, 0) is 24.5 Å². The van der Waals surface area contributed by atoms with Gasteiger partial charge >= 0.3 is 5.97 Å². The van der Waals surface area contributed by atoms with E-state index < -0.39 is 17.9 Å². The standard InChI is InChI=1S/C13H15NO4/c1-8-6-7-14(11(8)13(17)18)12(16)9-4-2-3-5-10(9)15/h2-5,8,11,15H,6-7H2,1H3,(H,17,18). The third-order valence-electron chi connectivity index (χ3n) is 3.35. The minimum atomic E-state index is -0.997. The zero-order valence-electron chi connectivity index (χ0n) is 10.0. The van der Waals surface area contributed by atoms with E-state index in [1.165, 1.54) is 17.0 Å². The normalized spacial score (nSPS) is 23.1. The molecule has 1 aliphatic heterocycles. The molecule has 1 aliphatic rings. The van der Waals surface area contributed by atoms with Gasteiger partial charge in [-0.15, -0.1) is 0 Å². The number of phenols is 1. The highest BCUT2D eigenvalue weighted by atomic mass is 16.4. The van der Waals surface area contributed by atoms with Crippen LogP contribution in [0, 0.1) is 5.92 Å². The molecule has 5 nitrogen and oxygen atoms in total. The predicted octanol–water partition coefficient (Wildman–Crippen LogP) is 1.33. The summed E-state index contributed by atoms with van der Waals surface area (Å²) in [4.78, 5) is 24.7. The quantitative estimate of drug-likeness (QED) is 0.828. The van der Waals surface area contributed by atoms with Crippen molar-refractivity contribution in [2.45, 2.75) is 19.4 Å². The summed E-state index contributed by atoms with van der Waals surface area (Å²) >= 11 is 0. The first kappa shape index (κ1) is 12.4. The Bertz CT molecular complexity index is 486. The van der Waals surface area contributed by atoms with Crippen molar-refractivity contribution in [2.24, 2.45) is 5.92 Å². The van der Waals surface area contributed by atoms with Crippen molar-refractivity contribution in [3.8, 4) is 5.75 Å². The van der Waals surface area contributed by atoms with E-state index in [9.17, 15) is 14.7 Å². The van der Waals surface area contributed by atoms with Gasteiger partial charge in [0.05, 0.1) is 5.56 Å². The molecule has 0 aromatic heterocycles. The third-order valence-corrected chi connectivity index (χ3v) is 3.35. The van der Waals surface area contributed by atoms with Crippen molar-refractivity contribution in [3.63, 3.8) is 0 Å². The minimum Gasteiger partial charge on any atom is -0.507 e. The lowest BCUT2D eigenvalue weighted by Crippen LogP contribution is -2.42. The summed E-state index contributed by atoms with van der Waals surface area (Å²) < 4.78 is 0. The van der Waals surface area contributed by atoms with Crippen molar-refractivity contribution in [3.05, 3.63) is 29.8 Å². The first-order valence-corrected chi connectivity index (χ1v) is 5.84. The van der Waals surface area contributed by atoms with E-state index in [1.807, 2.05) is 6.92 Å². The Balaban J connectivity index is 2.29. The first-order chi connectivity index (χ1) is 8.52. The number of hydrogen-bond donors (Lipinski definition) is 2. The van der Waals surface area contributed by atoms with Crippen molar-refractivity contribution in [1.29, 1.82) is 0 Å². The summed E-state index contributed by atoms with van der Waals surface area (Å²) in [6.45, 7) is 2.22. The number of para-hydroxylation sites is 1. The van der Waals surface area contributed by atoms with Gasteiger partial charge in [-0.3, -0.25) is 4.79 Å². The summed E-state index contributed by atoms with van der Waals surface area (Å²) in [5.41, 5.74) is 0.151. The molecular formula is C13H15NO4. The number of carbonyl (C=O) groups excluding carboxylic acids is 1. The van der Waals surface area contributed by atoms with Gasteiger partial charge in [-0.25, -0.2) is 4.79 Å². The highest BCUT2D eigenvalue weighted by molar-refractivity contribution is 5.99. The molecule has 0 aliphatic carbocycles. The molecule has 2 N–H and O–H groups in total. The second kappa shape index (κ2) is 4.68. The molecule has 1 amide bonds. The smallest absolute Gasteiger partial charge is 0.326 e. The van der Waals surface area contributed by atoms with Crippen LogP contribution in [0.25, 0.3) is 0 Å². The van der Waals surface area contributed by atoms with Crippen LogP contribution < -0.4 is 0 Å². The number of nitrogens with zero attached hydrogens (tertiary/aromatic N) is 1. The lowest BCUT2D eigenvalue weighted by Gasteiger charge is -2.23. The molecule has 5 heteroatoms. The van der Waals surface area contributed by atoms with E-state index in [4.69, 9.17) is 5.11 Å². The number of aliphatic carboxylic acids is 1. The van der Waals surface area contributed by atoms with Gasteiger partial charge in [0, 0.05) is 6.54 Å². The van der Waals surface area contributed by atoms with Crippen LogP contribution in [0.15, 0.2) is 24.3 Å². The highest BCUT2D eigenvalue weighted by Crippen LogP contribution is 2.28. The number of likely N-dealkylation sites (tertiary alicyclic amines) is 1. The molecule has 18 heavy (non-hydrogen) atoms. The minimum absolute atomic E-state index is 0.0719. The maximum Gasteiger partial charge on any atom is 0.326 e. The summed E-state index contributed by atoms with van der Waals surface area (Å²) in [5.74, 6) is -1.61. The van der Waals surface area contributed by atoms with Crippen molar-refractivity contribution in [1.82, 2.24) is 4.90 Å². The van der Waals surface area contributed by atoms with E-state index in [0.717, 1.165) is 0 Å². The second-order valence-corrected chi connectivity index (χ2v) is 4.56. The molecule has 2 rings (SSSR count). The molecule has 1 fully saturated rings. The highest BCUT2D eigenvalue weighted by Gasteiger charge is 2.40. The van der Waals surface area contributed by atoms with E-state index in [0.29, 0.717) is 13.0 Å². The van der Waals surface area contributed by atoms with Crippen LogP contribution in [-0.4, -0.2) is 39.6 Å². The van der Waals surface area contributed by atoms with Gasteiger partial charge < -0.3 is 15.1 Å².